The van der Waals surface area contributed by atoms with Crippen molar-refractivity contribution in [3.63, 3.8) is 0 Å². The molecule has 0 aromatic rings. The van der Waals surface area contributed by atoms with Crippen LogP contribution in [0.3, 0.4) is 0 Å². The molecular weight excluding hydrogens is 975 g/mol. The van der Waals surface area contributed by atoms with Crippen molar-refractivity contribution in [1.29, 1.82) is 0 Å². The Morgan fingerprint density at radius 3 is 1.74 bits per heavy atom. The maximum absolute atomic E-state index is 11.1. The predicted octanol–water partition coefficient (Wildman–Crippen LogP) is 13.4. The first-order valence-electron chi connectivity index (χ1n) is 27.1. The monoisotopic (exact) mass is 1070 g/mol. The van der Waals surface area contributed by atoms with Crippen LogP contribution in [0.5, 0.6) is 0 Å². The van der Waals surface area contributed by atoms with E-state index >= 15 is 0 Å². The lowest BCUT2D eigenvalue weighted by molar-refractivity contribution is -0.139. The molecular formula is C64H95N9O5. The van der Waals surface area contributed by atoms with Gasteiger partial charge < -0.3 is 41.3 Å². The summed E-state index contributed by atoms with van der Waals surface area (Å²) in [5, 5.41) is 29.8. The van der Waals surface area contributed by atoms with Gasteiger partial charge in [0.15, 0.2) is 5.78 Å². The summed E-state index contributed by atoms with van der Waals surface area (Å²) in [6, 6.07) is 0.354. The highest BCUT2D eigenvalue weighted by atomic mass is 16.4. The van der Waals surface area contributed by atoms with Crippen LogP contribution in [0.15, 0.2) is 196 Å². The third-order valence-corrected chi connectivity index (χ3v) is 12.3. The molecule has 7 rings (SSSR count). The number of likely N-dealkylation sites (tertiary alicyclic amines) is 1. The van der Waals surface area contributed by atoms with E-state index in [-0.39, 0.29) is 18.9 Å². The summed E-state index contributed by atoms with van der Waals surface area (Å²) in [5.41, 5.74) is 11.1. The van der Waals surface area contributed by atoms with E-state index in [1.54, 1.807) is 23.5 Å². The number of ketones is 1. The van der Waals surface area contributed by atoms with E-state index in [1.807, 2.05) is 99.8 Å². The number of carboxylic acids is 2. The van der Waals surface area contributed by atoms with Gasteiger partial charge in [0.1, 0.15) is 18.9 Å². The van der Waals surface area contributed by atoms with Gasteiger partial charge in [-0.25, -0.2) is 4.99 Å². The first kappa shape index (κ1) is 68.5. The number of hydrogen-bond acceptors (Lipinski definition) is 12. The van der Waals surface area contributed by atoms with Gasteiger partial charge in [-0.15, -0.1) is 0 Å². The molecule has 78 heavy (non-hydrogen) atoms. The standard InChI is InChI=1S/C11H19NO2.C11H15NO2.C9H13N.C9H12O.3C8H12N2/c2*1-8(2)10-6-4-5-9(3)12(10)7-11(13)14;1-7(2)9-5-4-8(3)10-6-9;1-7(2)8-5-3-4-6-9(8)10;1-6(2)8-5-9-7(3)4-10-8;1-6(2)8-5-9-4-7(3)10-8;1-6(2)8-4-5-9-7(3)10-8/h8,10H,3-7H2,1-2H3,(H,13,14);4-6,8H,3,7H2,1-2H3,(H,13,14);4-7,10H,3H2,1-2H3;3-5,7H,6H2,1-2H3;4-6,9H,3H2,1-2H3;2*4-6,10H,3H2,1-2H3. The molecule has 1 atom stereocenters. The van der Waals surface area contributed by atoms with Crippen LogP contribution in [0.25, 0.3) is 0 Å². The Bertz CT molecular complexity index is 2420. The second-order valence-electron chi connectivity index (χ2n) is 21.4. The molecule has 14 nitrogen and oxygen atoms in total. The maximum Gasteiger partial charge on any atom is 0.323 e. The molecule has 0 amide bonds. The SMILES string of the molecule is C=C1C=CC(C(C)C)=CN1.C=C1C=CC=C(C(C)C)N1CC(=O)O.C=C1C=NC(C(C)C)=CN1.C=C1C=NC=C(C(C)C)N1.C=C1CCCC(C(C)C)N1CC(=O)O.C=C1N=CC=C(C(C)C)N1.CC(C)C1=CC=CCC1=O. The van der Waals surface area contributed by atoms with Crippen LogP contribution < -0.4 is 21.3 Å². The minimum Gasteiger partial charge on any atom is -0.480 e. The molecule has 1 aliphatic carbocycles. The van der Waals surface area contributed by atoms with E-state index in [1.165, 1.54) is 11.3 Å². The third-order valence-electron chi connectivity index (χ3n) is 12.3. The molecule has 0 aromatic heterocycles. The molecule has 426 valence electrons. The Hall–Kier alpha value is -7.48. The van der Waals surface area contributed by atoms with Gasteiger partial charge in [-0.2, -0.15) is 0 Å². The number of Topliss-reactive ketones (excluding diaryl/α,β-unsaturated/α-hetero) is 1. The molecule has 6 aliphatic heterocycles. The summed E-state index contributed by atoms with van der Waals surface area (Å²) in [5.74, 6) is 2.65. The normalized spacial score (nSPS) is 18.1. The number of rotatable bonds is 11. The van der Waals surface area contributed by atoms with Crippen molar-refractivity contribution in [2.24, 2.45) is 56.4 Å². The Balaban J connectivity index is 0.000000457. The van der Waals surface area contributed by atoms with E-state index in [4.69, 9.17) is 10.2 Å². The first-order chi connectivity index (χ1) is 36.5. The number of nitrogens with zero attached hydrogens (tertiary/aromatic N) is 5. The lowest BCUT2D eigenvalue weighted by Gasteiger charge is -2.40. The van der Waals surface area contributed by atoms with Crippen LogP contribution in [0.1, 0.15) is 123 Å². The average Bonchev–Trinajstić information content (AvgIpc) is 3.36. The van der Waals surface area contributed by atoms with Crippen LogP contribution in [0.4, 0.5) is 0 Å². The zero-order chi connectivity index (χ0) is 59.2. The summed E-state index contributed by atoms with van der Waals surface area (Å²) >= 11 is 0. The van der Waals surface area contributed by atoms with Crippen LogP contribution in [0, 0.1) is 41.4 Å². The number of hydrogen-bond donors (Lipinski definition) is 6. The number of piperidine rings is 1. The molecule has 14 heteroatoms. The number of carbonyl (C=O) groups is 3. The van der Waals surface area contributed by atoms with Crippen molar-refractivity contribution in [1.82, 2.24) is 31.1 Å². The van der Waals surface area contributed by atoms with Crippen LogP contribution in [-0.4, -0.2) is 75.5 Å². The fraction of sp³-hybridized carbons (Fsp3) is 0.438. The Morgan fingerprint density at radius 1 is 0.667 bits per heavy atom. The largest absolute Gasteiger partial charge is 0.480 e. The maximum atomic E-state index is 11.1. The van der Waals surface area contributed by atoms with Gasteiger partial charge in [-0.3, -0.25) is 24.4 Å². The smallest absolute Gasteiger partial charge is 0.323 e. The van der Waals surface area contributed by atoms with Gasteiger partial charge in [-0.05, 0) is 96.1 Å². The van der Waals surface area contributed by atoms with Gasteiger partial charge in [0.05, 0.1) is 11.9 Å². The van der Waals surface area contributed by atoms with Gasteiger partial charge in [0.25, 0.3) is 0 Å². The Labute approximate surface area is 469 Å². The van der Waals surface area contributed by atoms with Crippen molar-refractivity contribution in [2.75, 3.05) is 13.1 Å². The van der Waals surface area contributed by atoms with Gasteiger partial charge in [0, 0.05) is 89.1 Å². The second kappa shape index (κ2) is 35.8. The van der Waals surface area contributed by atoms with Gasteiger partial charge >= 0.3 is 11.9 Å². The van der Waals surface area contributed by atoms with Crippen LogP contribution >= 0.6 is 0 Å². The number of aliphatic carboxylic acids is 2. The summed E-state index contributed by atoms with van der Waals surface area (Å²) in [6.07, 6.45) is 32.2. The molecule has 0 saturated carbocycles. The third kappa shape index (κ3) is 27.0. The zero-order valence-corrected chi connectivity index (χ0v) is 49.6. The van der Waals surface area contributed by atoms with Crippen LogP contribution in [0.2, 0.25) is 0 Å². The summed E-state index contributed by atoms with van der Waals surface area (Å²) in [7, 11) is 0. The molecule has 0 aromatic carbocycles. The Kier molecular flexibility index (Phi) is 31.4. The van der Waals surface area contributed by atoms with Crippen LogP contribution in [-0.2, 0) is 14.4 Å². The molecule has 6 N–H and O–H groups in total. The predicted molar refractivity (Wildman–Crippen MR) is 329 cm³/mol. The van der Waals surface area contributed by atoms with Crippen molar-refractivity contribution in [2.45, 2.75) is 129 Å². The van der Waals surface area contributed by atoms with E-state index in [0.29, 0.717) is 53.9 Å². The quantitative estimate of drug-likeness (QED) is 0.116. The molecule has 6 heterocycles. The second-order valence-corrected chi connectivity index (χ2v) is 21.4. The van der Waals surface area contributed by atoms with Crippen molar-refractivity contribution in [3.05, 3.63) is 181 Å². The molecule has 0 radical (unpaired) electrons. The molecule has 0 spiro atoms. The van der Waals surface area contributed by atoms with E-state index in [0.717, 1.165) is 76.2 Å². The van der Waals surface area contributed by atoms with E-state index in [9.17, 15) is 14.4 Å². The van der Waals surface area contributed by atoms with Gasteiger partial charge in [-0.1, -0.05) is 167 Å². The lowest BCUT2D eigenvalue weighted by Crippen LogP contribution is -2.43. The van der Waals surface area contributed by atoms with E-state index < -0.39 is 11.9 Å². The molecule has 1 fully saturated rings. The van der Waals surface area contributed by atoms with Crippen molar-refractivity contribution >= 4 is 36.4 Å². The average molecular weight is 1070 g/mol. The summed E-state index contributed by atoms with van der Waals surface area (Å²) in [6.45, 7) is 52.2. The molecule has 1 unspecified atom stereocenters. The number of aliphatic imine (C=N–C) groups is 3. The highest BCUT2D eigenvalue weighted by Crippen LogP contribution is 2.29. The number of nitrogens with one attached hydrogen (secondary N) is 4. The summed E-state index contributed by atoms with van der Waals surface area (Å²) < 4.78 is 0. The van der Waals surface area contributed by atoms with Crippen molar-refractivity contribution < 1.29 is 24.6 Å². The molecule has 1 saturated heterocycles. The lowest BCUT2D eigenvalue weighted by atomic mass is 9.91. The summed E-state index contributed by atoms with van der Waals surface area (Å²) in [4.78, 5) is 48.3. The fourth-order valence-electron chi connectivity index (χ4n) is 7.70. The minimum atomic E-state index is -0.840. The number of allylic oxidation sites excluding steroid dienone is 18. The highest BCUT2D eigenvalue weighted by molar-refractivity contribution is 5.98. The minimum absolute atomic E-state index is 0.0206. The molecule has 7 aliphatic rings. The van der Waals surface area contributed by atoms with E-state index in [2.05, 4.69) is 151 Å². The number of carboxylic acid groups (broad SMARTS) is 2. The molecule has 0 bridgehead atoms. The number of dihydropyridines is 1. The zero-order valence-electron chi connectivity index (χ0n) is 49.6. The van der Waals surface area contributed by atoms with Gasteiger partial charge in [0.2, 0.25) is 0 Å². The highest BCUT2D eigenvalue weighted by Gasteiger charge is 2.28. The Morgan fingerprint density at radius 2 is 1.31 bits per heavy atom. The van der Waals surface area contributed by atoms with Crippen molar-refractivity contribution in [3.8, 4) is 0 Å². The topological polar surface area (TPSA) is 183 Å². The fourth-order valence-corrected chi connectivity index (χ4v) is 7.70. The first-order valence-corrected chi connectivity index (χ1v) is 27.1. The number of carbonyl (C=O) groups excluding carboxylic acids is 1.